The molecule has 0 fully saturated rings. The predicted octanol–water partition coefficient (Wildman–Crippen LogP) is 4.22. The van der Waals surface area contributed by atoms with Gasteiger partial charge in [0.1, 0.15) is 5.75 Å². The maximum atomic E-state index is 5.64. The van der Waals surface area contributed by atoms with Crippen molar-refractivity contribution in [2.24, 2.45) is 0 Å². The highest BCUT2D eigenvalue weighted by Crippen LogP contribution is 2.30. The van der Waals surface area contributed by atoms with Gasteiger partial charge in [0.25, 0.3) is 0 Å². The van der Waals surface area contributed by atoms with Crippen molar-refractivity contribution < 1.29 is 4.74 Å². The third kappa shape index (κ3) is 5.00. The Kier molecular flexibility index (Phi) is 6.95. The molecule has 0 saturated heterocycles. The number of rotatable bonds is 9. The average molecular weight is 312 g/mol. The number of benzene rings is 2. The van der Waals surface area contributed by atoms with Gasteiger partial charge in [-0.3, -0.25) is 0 Å². The van der Waals surface area contributed by atoms with Crippen LogP contribution < -0.4 is 15.0 Å². The van der Waals surface area contributed by atoms with E-state index in [0.29, 0.717) is 0 Å². The maximum absolute atomic E-state index is 5.64. The third-order valence-electron chi connectivity index (χ3n) is 3.94. The molecule has 0 saturated carbocycles. The molecule has 23 heavy (non-hydrogen) atoms. The lowest BCUT2D eigenvalue weighted by molar-refractivity contribution is 0.413. The Hall–Kier alpha value is -2.00. The van der Waals surface area contributed by atoms with Crippen LogP contribution in [-0.4, -0.2) is 20.2 Å². The van der Waals surface area contributed by atoms with E-state index in [1.54, 1.807) is 7.11 Å². The van der Waals surface area contributed by atoms with Crippen molar-refractivity contribution in [3.63, 3.8) is 0 Å². The van der Waals surface area contributed by atoms with E-state index in [2.05, 4.69) is 72.6 Å². The number of ether oxygens (including phenoxy) is 1. The fourth-order valence-corrected chi connectivity index (χ4v) is 2.67. The van der Waals surface area contributed by atoms with Crippen molar-refractivity contribution in [1.29, 1.82) is 0 Å². The summed E-state index contributed by atoms with van der Waals surface area (Å²) in [4.78, 5) is 2.34. The summed E-state index contributed by atoms with van der Waals surface area (Å²) in [5, 5.41) is 3.44. The van der Waals surface area contributed by atoms with Crippen molar-refractivity contribution in [1.82, 2.24) is 5.32 Å². The van der Waals surface area contributed by atoms with Gasteiger partial charge < -0.3 is 15.0 Å². The molecule has 0 atom stereocenters. The van der Waals surface area contributed by atoms with Crippen LogP contribution in [0.5, 0.6) is 5.75 Å². The summed E-state index contributed by atoms with van der Waals surface area (Å²) in [5.74, 6) is 0.943. The average Bonchev–Trinajstić information content (AvgIpc) is 2.61. The smallest absolute Gasteiger partial charge is 0.142 e. The van der Waals surface area contributed by atoms with Gasteiger partial charge in [-0.2, -0.15) is 0 Å². The molecule has 3 heteroatoms. The minimum Gasteiger partial charge on any atom is -0.495 e. The van der Waals surface area contributed by atoms with E-state index < -0.39 is 0 Å². The lowest BCUT2D eigenvalue weighted by atomic mass is 10.1. The second-order valence-electron chi connectivity index (χ2n) is 5.68. The van der Waals surface area contributed by atoms with Gasteiger partial charge in [0.15, 0.2) is 0 Å². The first-order chi connectivity index (χ1) is 11.3. The quantitative estimate of drug-likeness (QED) is 0.702. The van der Waals surface area contributed by atoms with E-state index in [9.17, 15) is 0 Å². The van der Waals surface area contributed by atoms with E-state index in [4.69, 9.17) is 4.74 Å². The standard InChI is InChI=1S/C20H28N2O/c1-4-13-21-15-18-11-12-19(20(14-18)23-3)22(5-2)16-17-9-7-6-8-10-17/h6-12,14,21H,4-5,13,15-16H2,1-3H3. The molecular formula is C20H28N2O. The van der Waals surface area contributed by atoms with Crippen LogP contribution in [0.2, 0.25) is 0 Å². The fraction of sp³-hybridized carbons (Fsp3) is 0.400. The van der Waals surface area contributed by atoms with Crippen molar-refractivity contribution in [3.8, 4) is 5.75 Å². The van der Waals surface area contributed by atoms with Crippen molar-refractivity contribution >= 4 is 5.69 Å². The van der Waals surface area contributed by atoms with Crippen LogP contribution in [0.1, 0.15) is 31.4 Å². The van der Waals surface area contributed by atoms with E-state index >= 15 is 0 Å². The molecule has 0 aliphatic heterocycles. The SMILES string of the molecule is CCCNCc1ccc(N(CC)Cc2ccccc2)c(OC)c1. The van der Waals surface area contributed by atoms with E-state index in [1.165, 1.54) is 11.1 Å². The molecule has 2 aromatic rings. The van der Waals surface area contributed by atoms with Gasteiger partial charge in [0.05, 0.1) is 12.8 Å². The first-order valence-electron chi connectivity index (χ1n) is 8.45. The molecule has 0 unspecified atom stereocenters. The summed E-state index contributed by atoms with van der Waals surface area (Å²) in [7, 11) is 1.75. The summed E-state index contributed by atoms with van der Waals surface area (Å²) >= 11 is 0. The largest absolute Gasteiger partial charge is 0.495 e. The number of methoxy groups -OCH3 is 1. The Labute approximate surface area is 140 Å². The monoisotopic (exact) mass is 312 g/mol. The first kappa shape index (κ1) is 17.4. The summed E-state index contributed by atoms with van der Waals surface area (Å²) in [6, 6.07) is 17.1. The van der Waals surface area contributed by atoms with Crippen molar-refractivity contribution in [2.45, 2.75) is 33.4 Å². The summed E-state index contributed by atoms with van der Waals surface area (Å²) < 4.78 is 5.64. The van der Waals surface area contributed by atoms with Gasteiger partial charge in [-0.1, -0.05) is 43.3 Å². The molecule has 0 amide bonds. The Balaban J connectivity index is 2.15. The Morgan fingerprint density at radius 3 is 2.43 bits per heavy atom. The van der Waals surface area contributed by atoms with Gasteiger partial charge in [0, 0.05) is 19.6 Å². The van der Waals surface area contributed by atoms with Crippen LogP contribution in [0, 0.1) is 0 Å². The van der Waals surface area contributed by atoms with Crippen LogP contribution in [0.25, 0.3) is 0 Å². The molecule has 3 nitrogen and oxygen atoms in total. The summed E-state index contributed by atoms with van der Waals surface area (Å²) in [6.07, 6.45) is 1.15. The second kappa shape index (κ2) is 9.21. The van der Waals surface area contributed by atoms with Crippen LogP contribution in [-0.2, 0) is 13.1 Å². The van der Waals surface area contributed by atoms with Crippen LogP contribution >= 0.6 is 0 Å². The molecule has 1 N–H and O–H groups in total. The molecule has 0 radical (unpaired) electrons. The fourth-order valence-electron chi connectivity index (χ4n) is 2.67. The summed E-state index contributed by atoms with van der Waals surface area (Å²) in [5.41, 5.74) is 3.72. The minimum absolute atomic E-state index is 0.884. The van der Waals surface area contributed by atoms with Gasteiger partial charge in [-0.25, -0.2) is 0 Å². The van der Waals surface area contributed by atoms with Gasteiger partial charge >= 0.3 is 0 Å². The number of nitrogens with zero attached hydrogens (tertiary/aromatic N) is 1. The zero-order valence-electron chi connectivity index (χ0n) is 14.5. The molecular weight excluding hydrogens is 284 g/mol. The molecule has 0 aliphatic rings. The summed E-state index contributed by atoms with van der Waals surface area (Å²) in [6.45, 7) is 8.12. The van der Waals surface area contributed by atoms with Crippen molar-refractivity contribution in [2.75, 3.05) is 25.1 Å². The van der Waals surface area contributed by atoms with E-state index in [1.807, 2.05) is 0 Å². The van der Waals surface area contributed by atoms with Crippen LogP contribution in [0.4, 0.5) is 5.69 Å². The van der Waals surface area contributed by atoms with Gasteiger partial charge in [0.2, 0.25) is 0 Å². The number of hydrogen-bond acceptors (Lipinski definition) is 3. The highest BCUT2D eigenvalue weighted by atomic mass is 16.5. The van der Waals surface area contributed by atoms with Crippen molar-refractivity contribution in [3.05, 3.63) is 59.7 Å². The molecule has 2 aromatic carbocycles. The molecule has 0 aliphatic carbocycles. The van der Waals surface area contributed by atoms with Gasteiger partial charge in [-0.05, 0) is 43.1 Å². The molecule has 124 valence electrons. The van der Waals surface area contributed by atoms with Crippen LogP contribution in [0.3, 0.4) is 0 Å². The highest BCUT2D eigenvalue weighted by Gasteiger charge is 2.12. The zero-order valence-corrected chi connectivity index (χ0v) is 14.5. The minimum atomic E-state index is 0.884. The molecule has 0 heterocycles. The molecule has 0 aromatic heterocycles. The maximum Gasteiger partial charge on any atom is 0.142 e. The Bertz CT molecular complexity index is 583. The van der Waals surface area contributed by atoms with Crippen LogP contribution in [0.15, 0.2) is 48.5 Å². The molecule has 0 bridgehead atoms. The normalized spacial score (nSPS) is 10.6. The first-order valence-corrected chi connectivity index (χ1v) is 8.45. The topological polar surface area (TPSA) is 24.5 Å². The third-order valence-corrected chi connectivity index (χ3v) is 3.94. The molecule has 2 rings (SSSR count). The van der Waals surface area contributed by atoms with Gasteiger partial charge in [-0.15, -0.1) is 0 Å². The Morgan fingerprint density at radius 1 is 1.00 bits per heavy atom. The van der Waals surface area contributed by atoms with E-state index in [0.717, 1.165) is 44.0 Å². The van der Waals surface area contributed by atoms with E-state index in [-0.39, 0.29) is 0 Å². The lowest BCUT2D eigenvalue weighted by Gasteiger charge is -2.25. The lowest BCUT2D eigenvalue weighted by Crippen LogP contribution is -2.22. The Morgan fingerprint density at radius 2 is 1.78 bits per heavy atom. The predicted molar refractivity (Wildman–Crippen MR) is 98.2 cm³/mol. The zero-order chi connectivity index (χ0) is 16.5. The highest BCUT2D eigenvalue weighted by molar-refractivity contribution is 5.60. The number of nitrogens with one attached hydrogen (secondary N) is 1. The number of hydrogen-bond donors (Lipinski definition) is 1. The number of anilines is 1. The molecule has 0 spiro atoms. The second-order valence-corrected chi connectivity index (χ2v) is 5.68.